The predicted molar refractivity (Wildman–Crippen MR) is 75.3 cm³/mol. The Bertz CT molecular complexity index is 530. The summed E-state index contributed by atoms with van der Waals surface area (Å²) in [4.78, 5) is 27.2. The van der Waals surface area contributed by atoms with E-state index in [-0.39, 0.29) is 28.8 Å². The van der Waals surface area contributed by atoms with Crippen LogP contribution in [0.5, 0.6) is 5.75 Å². The van der Waals surface area contributed by atoms with Gasteiger partial charge in [-0.2, -0.15) is 0 Å². The second-order valence-corrected chi connectivity index (χ2v) is 4.90. The summed E-state index contributed by atoms with van der Waals surface area (Å²) >= 11 is 0. The maximum Gasteiger partial charge on any atom is 0.257 e. The van der Waals surface area contributed by atoms with Gasteiger partial charge < -0.3 is 20.6 Å². The highest BCUT2D eigenvalue weighted by atomic mass is 16.3. The maximum absolute atomic E-state index is 12.4. The van der Waals surface area contributed by atoms with Crippen LogP contribution in [-0.4, -0.2) is 52.9 Å². The molecule has 1 aromatic rings. The summed E-state index contributed by atoms with van der Waals surface area (Å²) in [5, 5.41) is 9.87. The van der Waals surface area contributed by atoms with Crippen molar-refractivity contribution in [3.8, 4) is 5.75 Å². The highest BCUT2D eigenvalue weighted by molar-refractivity contribution is 5.98. The molecule has 0 unspecified atom stereocenters. The van der Waals surface area contributed by atoms with E-state index in [1.165, 1.54) is 6.92 Å². The zero-order valence-corrected chi connectivity index (χ0v) is 11.5. The minimum absolute atomic E-state index is 0.0195. The molecule has 0 spiro atoms. The topological polar surface area (TPSA) is 86.9 Å². The predicted octanol–water partition coefficient (Wildman–Crippen LogP) is 0.669. The molecule has 0 aromatic heterocycles. The molecule has 1 aromatic carbocycles. The van der Waals surface area contributed by atoms with Gasteiger partial charge in [-0.3, -0.25) is 9.59 Å². The van der Waals surface area contributed by atoms with Crippen LogP contribution in [0.15, 0.2) is 18.2 Å². The van der Waals surface area contributed by atoms with Gasteiger partial charge in [0.2, 0.25) is 5.91 Å². The fourth-order valence-electron chi connectivity index (χ4n) is 2.34. The van der Waals surface area contributed by atoms with Crippen molar-refractivity contribution in [2.45, 2.75) is 13.3 Å². The molecule has 0 bridgehead atoms. The molecule has 20 heavy (non-hydrogen) atoms. The summed E-state index contributed by atoms with van der Waals surface area (Å²) in [7, 11) is 0. The van der Waals surface area contributed by atoms with Gasteiger partial charge in [0.15, 0.2) is 5.75 Å². The van der Waals surface area contributed by atoms with E-state index in [0.29, 0.717) is 26.2 Å². The Kier molecular flexibility index (Phi) is 4.12. The molecule has 3 N–H and O–H groups in total. The van der Waals surface area contributed by atoms with E-state index < -0.39 is 0 Å². The van der Waals surface area contributed by atoms with Gasteiger partial charge in [0.1, 0.15) is 0 Å². The van der Waals surface area contributed by atoms with Crippen LogP contribution in [0, 0.1) is 0 Å². The van der Waals surface area contributed by atoms with Gasteiger partial charge in [-0.15, -0.1) is 0 Å². The monoisotopic (exact) mass is 277 g/mol. The van der Waals surface area contributed by atoms with Crippen molar-refractivity contribution in [1.82, 2.24) is 9.80 Å². The molecule has 0 aliphatic carbocycles. The molecule has 1 aliphatic heterocycles. The Morgan fingerprint density at radius 1 is 1.15 bits per heavy atom. The lowest BCUT2D eigenvalue weighted by atomic mass is 10.1. The number of aromatic hydroxyl groups is 1. The Morgan fingerprint density at radius 2 is 1.80 bits per heavy atom. The largest absolute Gasteiger partial charge is 0.505 e. The number of rotatable bonds is 1. The lowest BCUT2D eigenvalue weighted by molar-refractivity contribution is -0.128. The van der Waals surface area contributed by atoms with E-state index in [2.05, 4.69) is 0 Å². The number of anilines is 1. The van der Waals surface area contributed by atoms with Gasteiger partial charge in [0, 0.05) is 33.1 Å². The standard InChI is InChI=1S/C14H19N3O3/c1-10(18)16-6-3-7-17(9-8-16)14(20)11-4-2-5-12(15)13(11)19/h2,4-5,19H,3,6-9,15H2,1H3. The van der Waals surface area contributed by atoms with Gasteiger partial charge in [0.05, 0.1) is 11.3 Å². The molecule has 1 fully saturated rings. The van der Waals surface area contributed by atoms with Crippen molar-refractivity contribution in [2.24, 2.45) is 0 Å². The first-order chi connectivity index (χ1) is 9.50. The Hall–Kier alpha value is -2.24. The van der Waals surface area contributed by atoms with Gasteiger partial charge in [-0.25, -0.2) is 0 Å². The van der Waals surface area contributed by atoms with Crippen molar-refractivity contribution in [3.63, 3.8) is 0 Å². The van der Waals surface area contributed by atoms with Crippen molar-refractivity contribution in [1.29, 1.82) is 0 Å². The van der Waals surface area contributed by atoms with Gasteiger partial charge >= 0.3 is 0 Å². The molecule has 1 heterocycles. The summed E-state index contributed by atoms with van der Waals surface area (Å²) in [6, 6.07) is 4.75. The van der Waals surface area contributed by atoms with E-state index in [1.807, 2.05) is 0 Å². The van der Waals surface area contributed by atoms with E-state index in [9.17, 15) is 14.7 Å². The average Bonchev–Trinajstić information content (AvgIpc) is 2.67. The van der Waals surface area contributed by atoms with Gasteiger partial charge in [-0.1, -0.05) is 6.07 Å². The number of para-hydroxylation sites is 1. The first-order valence-electron chi connectivity index (χ1n) is 6.63. The average molecular weight is 277 g/mol. The van der Waals surface area contributed by atoms with Crippen LogP contribution >= 0.6 is 0 Å². The van der Waals surface area contributed by atoms with Crippen molar-refractivity contribution < 1.29 is 14.7 Å². The fourth-order valence-corrected chi connectivity index (χ4v) is 2.34. The molecule has 2 amide bonds. The fraction of sp³-hybridized carbons (Fsp3) is 0.429. The molecule has 2 rings (SSSR count). The first kappa shape index (κ1) is 14.2. The Labute approximate surface area is 117 Å². The minimum Gasteiger partial charge on any atom is -0.505 e. The summed E-state index contributed by atoms with van der Waals surface area (Å²) in [6.07, 6.45) is 0.731. The molecule has 6 nitrogen and oxygen atoms in total. The number of carbonyl (C=O) groups is 2. The van der Waals surface area contributed by atoms with E-state index in [0.717, 1.165) is 6.42 Å². The van der Waals surface area contributed by atoms with Crippen molar-refractivity contribution >= 4 is 17.5 Å². The molecule has 6 heteroatoms. The number of hydrogen-bond acceptors (Lipinski definition) is 4. The van der Waals surface area contributed by atoms with Crippen LogP contribution in [-0.2, 0) is 4.79 Å². The number of carbonyl (C=O) groups excluding carboxylic acids is 2. The normalized spacial score (nSPS) is 15.8. The van der Waals surface area contributed by atoms with Crippen molar-refractivity contribution in [3.05, 3.63) is 23.8 Å². The third kappa shape index (κ3) is 2.84. The van der Waals surface area contributed by atoms with Crippen LogP contribution in [0.2, 0.25) is 0 Å². The summed E-state index contributed by atoms with van der Waals surface area (Å²) in [5.74, 6) is -0.406. The molecular weight excluding hydrogens is 258 g/mol. The number of phenols is 1. The third-order valence-corrected chi connectivity index (χ3v) is 3.53. The molecule has 108 valence electrons. The van der Waals surface area contributed by atoms with Crippen LogP contribution in [0.3, 0.4) is 0 Å². The number of amides is 2. The summed E-state index contributed by atoms with van der Waals surface area (Å²) < 4.78 is 0. The van der Waals surface area contributed by atoms with Gasteiger partial charge in [0.25, 0.3) is 5.91 Å². The Morgan fingerprint density at radius 3 is 2.50 bits per heavy atom. The number of nitrogen functional groups attached to an aromatic ring is 1. The zero-order chi connectivity index (χ0) is 14.7. The van der Waals surface area contributed by atoms with Crippen LogP contribution < -0.4 is 5.73 Å². The second kappa shape index (κ2) is 5.81. The number of nitrogens with zero attached hydrogens (tertiary/aromatic N) is 2. The van der Waals surface area contributed by atoms with E-state index in [1.54, 1.807) is 28.0 Å². The highest BCUT2D eigenvalue weighted by Crippen LogP contribution is 2.25. The molecule has 1 aliphatic rings. The third-order valence-electron chi connectivity index (χ3n) is 3.53. The summed E-state index contributed by atoms with van der Waals surface area (Å²) in [5.41, 5.74) is 6.01. The number of hydrogen-bond donors (Lipinski definition) is 2. The SMILES string of the molecule is CC(=O)N1CCCN(C(=O)c2cccc(N)c2O)CC1. The minimum atomic E-state index is -0.250. The summed E-state index contributed by atoms with van der Waals surface area (Å²) in [6.45, 7) is 3.73. The molecular formula is C14H19N3O3. The number of phenolic OH excluding ortho intramolecular Hbond substituents is 1. The zero-order valence-electron chi connectivity index (χ0n) is 11.5. The smallest absolute Gasteiger partial charge is 0.257 e. The van der Waals surface area contributed by atoms with Gasteiger partial charge in [-0.05, 0) is 18.6 Å². The molecule has 0 atom stereocenters. The highest BCUT2D eigenvalue weighted by Gasteiger charge is 2.23. The first-order valence-corrected chi connectivity index (χ1v) is 6.63. The molecule has 1 saturated heterocycles. The maximum atomic E-state index is 12.4. The van der Waals surface area contributed by atoms with E-state index >= 15 is 0 Å². The van der Waals surface area contributed by atoms with Crippen molar-refractivity contribution in [2.75, 3.05) is 31.9 Å². The molecule has 0 radical (unpaired) electrons. The van der Waals surface area contributed by atoms with Crippen LogP contribution in [0.25, 0.3) is 0 Å². The lowest BCUT2D eigenvalue weighted by Gasteiger charge is -2.22. The quantitative estimate of drug-likeness (QED) is 0.583. The van der Waals surface area contributed by atoms with E-state index in [4.69, 9.17) is 5.73 Å². The second-order valence-electron chi connectivity index (χ2n) is 4.90. The molecule has 0 saturated carbocycles. The number of nitrogens with two attached hydrogens (primary N) is 1. The van der Waals surface area contributed by atoms with Crippen LogP contribution in [0.1, 0.15) is 23.7 Å². The number of benzene rings is 1. The van der Waals surface area contributed by atoms with Crippen LogP contribution in [0.4, 0.5) is 5.69 Å². The lowest BCUT2D eigenvalue weighted by Crippen LogP contribution is -2.36. The Balaban J connectivity index is 2.13.